The van der Waals surface area contributed by atoms with Crippen LogP contribution in [0.5, 0.6) is 0 Å². The van der Waals surface area contributed by atoms with E-state index in [0.717, 1.165) is 5.56 Å². The predicted octanol–water partition coefficient (Wildman–Crippen LogP) is 1.61. The first-order valence-corrected chi connectivity index (χ1v) is 9.02. The summed E-state index contributed by atoms with van der Waals surface area (Å²) in [6.45, 7) is 5.24. The van der Waals surface area contributed by atoms with Crippen LogP contribution in [0.1, 0.15) is 39.2 Å². The van der Waals surface area contributed by atoms with Crippen molar-refractivity contribution in [2.45, 2.75) is 44.8 Å². The van der Waals surface area contributed by atoms with Gasteiger partial charge >= 0.3 is 31.7 Å². The van der Waals surface area contributed by atoms with Gasteiger partial charge in [-0.05, 0) is 52.0 Å². The number of amides is 1. The molecule has 1 atom stereocenters. The molecule has 2 fully saturated rings. The van der Waals surface area contributed by atoms with Gasteiger partial charge in [0.1, 0.15) is 5.82 Å². The average Bonchev–Trinajstić information content (AvgIpc) is 2.96. The van der Waals surface area contributed by atoms with Gasteiger partial charge in [-0.3, -0.25) is 0 Å². The summed E-state index contributed by atoms with van der Waals surface area (Å²) in [7, 11) is 0. The van der Waals surface area contributed by atoms with E-state index in [-0.39, 0.29) is 24.7 Å². The Morgan fingerprint density at radius 1 is 0.929 bits per heavy atom. The molecule has 1 unspecified atom stereocenters. The van der Waals surface area contributed by atoms with Crippen molar-refractivity contribution in [3.63, 3.8) is 0 Å². The van der Waals surface area contributed by atoms with Crippen molar-refractivity contribution in [2.75, 3.05) is 4.90 Å². The first-order valence-electron chi connectivity index (χ1n) is 9.02. The van der Waals surface area contributed by atoms with Gasteiger partial charge in [0.15, 0.2) is 0 Å². The molecule has 4 rings (SSSR count). The Labute approximate surface area is 176 Å². The largest absolute Gasteiger partial charge is 1.00 e. The van der Waals surface area contributed by atoms with E-state index in [1.54, 1.807) is 12.1 Å². The second-order valence-corrected chi connectivity index (χ2v) is 8.04. The molecule has 2 aliphatic heterocycles. The number of carbonyl (C=O) groups excluding carboxylic acids is 1. The molecule has 2 aromatic carbocycles. The van der Waals surface area contributed by atoms with Gasteiger partial charge in [-0.2, -0.15) is 0 Å². The first-order chi connectivity index (χ1) is 12.7. The summed E-state index contributed by atoms with van der Waals surface area (Å²) in [4.78, 5) is 14.4. The number of halogens is 1. The van der Waals surface area contributed by atoms with Crippen LogP contribution in [0.25, 0.3) is 0 Å². The first kappa shape index (κ1) is 20.9. The van der Waals surface area contributed by atoms with E-state index < -0.39 is 30.0 Å². The van der Waals surface area contributed by atoms with Gasteiger partial charge in [-0.25, -0.2) is 9.18 Å². The molecule has 142 valence electrons. The zero-order valence-corrected chi connectivity index (χ0v) is 16.8. The molecule has 0 radical (unpaired) electrons. The van der Waals surface area contributed by atoms with Crippen LogP contribution in [-0.2, 0) is 14.0 Å². The van der Waals surface area contributed by atoms with Gasteiger partial charge in [-0.15, -0.1) is 0 Å². The number of hydrogen-bond donors (Lipinski definition) is 0. The predicted molar refractivity (Wildman–Crippen MR) is 101 cm³/mol. The summed E-state index contributed by atoms with van der Waals surface area (Å²) in [6, 6.07) is 15.2. The van der Waals surface area contributed by atoms with Crippen LogP contribution >= 0.6 is 0 Å². The minimum Gasteiger partial charge on any atom is -0.625 e. The van der Waals surface area contributed by atoms with Crippen molar-refractivity contribution < 1.29 is 42.0 Å². The molecule has 0 saturated carbocycles. The maximum atomic E-state index is 13.4. The Balaban J connectivity index is 0.00000225. The molecule has 2 heterocycles. The summed E-state index contributed by atoms with van der Waals surface area (Å²) >= 11 is 0. The molecule has 0 aromatic heterocycles. The molecule has 1 amide bonds. The number of carbonyl (C=O) groups is 1. The van der Waals surface area contributed by atoms with Crippen molar-refractivity contribution in [1.82, 2.24) is 0 Å². The van der Waals surface area contributed by atoms with Gasteiger partial charge in [0.2, 0.25) is 0 Å². The minimum absolute atomic E-state index is 0. The van der Waals surface area contributed by atoms with E-state index >= 15 is 0 Å². The van der Waals surface area contributed by atoms with E-state index in [1.165, 1.54) is 17.0 Å². The Hall–Kier alpha value is -1.78. The zero-order valence-electron chi connectivity index (χ0n) is 16.8. The van der Waals surface area contributed by atoms with Crippen molar-refractivity contribution >= 4 is 18.5 Å². The maximum Gasteiger partial charge on any atom is 1.00 e. The van der Waals surface area contributed by atoms with Crippen molar-refractivity contribution in [1.29, 1.82) is 0 Å². The van der Waals surface area contributed by atoms with Crippen molar-refractivity contribution in [3.05, 3.63) is 66.0 Å². The number of benzene rings is 2. The molecule has 0 N–H and O–H groups in total. The Bertz CT molecular complexity index is 860. The second-order valence-electron chi connectivity index (χ2n) is 8.04. The molecule has 0 aliphatic carbocycles. The fraction of sp³-hybridized carbons (Fsp3) is 0.350. The zero-order chi connectivity index (χ0) is 19.4. The monoisotopic (exact) mass is 377 g/mol. The average molecular weight is 377 g/mol. The molecule has 1 spiro atoms. The molecule has 5 nitrogen and oxygen atoms in total. The van der Waals surface area contributed by atoms with Crippen LogP contribution in [0.2, 0.25) is 0 Å². The van der Waals surface area contributed by atoms with Crippen LogP contribution in [0.15, 0.2) is 54.6 Å². The van der Waals surface area contributed by atoms with E-state index in [2.05, 4.69) is 0 Å². The molecule has 2 aliphatic rings. The SMILES string of the molecule is CC1(C)O[B-]2(OC(=O)N(c3ccc(F)cc3)C2c2ccccc2)OC1(C)C.[Li+]. The topological polar surface area (TPSA) is 48.0 Å². The van der Waals surface area contributed by atoms with Gasteiger partial charge in [0, 0.05) is 22.8 Å². The molecule has 8 heteroatoms. The van der Waals surface area contributed by atoms with Crippen LogP contribution < -0.4 is 23.8 Å². The standard InChI is InChI=1S/C20H22BFNO4.Li/c1-19(2)20(3,4)27-21(26-19)17(14-8-6-5-7-9-14)23(18(24)25-21)16-12-10-15(22)11-13-16;/h5-13,17H,1-4H3;/q-1;+1. The van der Waals surface area contributed by atoms with Crippen LogP contribution in [-0.4, -0.2) is 24.0 Å². The maximum absolute atomic E-state index is 13.4. The Morgan fingerprint density at radius 3 is 2.00 bits per heavy atom. The van der Waals surface area contributed by atoms with Crippen LogP contribution in [0.3, 0.4) is 0 Å². The van der Waals surface area contributed by atoms with Gasteiger partial charge < -0.3 is 18.9 Å². The van der Waals surface area contributed by atoms with E-state index in [1.807, 2.05) is 58.0 Å². The molecular formula is C20H22BFLiNO4. The third kappa shape index (κ3) is 3.17. The van der Waals surface area contributed by atoms with Crippen LogP contribution in [0.4, 0.5) is 14.9 Å². The minimum atomic E-state index is -2.43. The molecular weight excluding hydrogens is 355 g/mol. The second kappa shape index (κ2) is 6.93. The third-order valence-electron chi connectivity index (χ3n) is 5.74. The summed E-state index contributed by atoms with van der Waals surface area (Å²) in [5.41, 5.74) is 0.00277. The third-order valence-corrected chi connectivity index (χ3v) is 5.74. The Morgan fingerprint density at radius 2 is 1.46 bits per heavy atom. The van der Waals surface area contributed by atoms with Gasteiger partial charge in [0.05, 0.1) is 0 Å². The van der Waals surface area contributed by atoms with Gasteiger partial charge in [0.25, 0.3) is 0 Å². The van der Waals surface area contributed by atoms with Gasteiger partial charge in [-0.1, -0.05) is 35.9 Å². The Kier molecular flexibility index (Phi) is 5.18. The van der Waals surface area contributed by atoms with E-state index in [4.69, 9.17) is 14.0 Å². The normalized spacial score (nSPS) is 24.1. The quantitative estimate of drug-likeness (QED) is 0.747. The number of anilines is 1. The smallest absolute Gasteiger partial charge is 0.625 e. The number of hydrogen-bond acceptors (Lipinski definition) is 4. The summed E-state index contributed by atoms with van der Waals surface area (Å²) in [6.07, 6.45) is -0.580. The summed E-state index contributed by atoms with van der Waals surface area (Å²) < 4.78 is 31.8. The fourth-order valence-corrected chi connectivity index (χ4v) is 3.77. The fourth-order valence-electron chi connectivity index (χ4n) is 3.77. The molecule has 2 aromatic rings. The number of rotatable bonds is 2. The van der Waals surface area contributed by atoms with Crippen molar-refractivity contribution in [3.8, 4) is 0 Å². The summed E-state index contributed by atoms with van der Waals surface area (Å²) in [5.74, 6) is -0.997. The summed E-state index contributed by atoms with van der Waals surface area (Å²) in [5, 5.41) is 0. The molecule has 0 bridgehead atoms. The van der Waals surface area contributed by atoms with Crippen LogP contribution in [0, 0.1) is 5.82 Å². The number of nitrogens with zero attached hydrogens (tertiary/aromatic N) is 1. The van der Waals surface area contributed by atoms with E-state index in [0.29, 0.717) is 5.69 Å². The molecule has 2 saturated heterocycles. The van der Waals surface area contributed by atoms with E-state index in [9.17, 15) is 9.18 Å². The van der Waals surface area contributed by atoms with Crippen molar-refractivity contribution in [2.24, 2.45) is 0 Å². The molecule has 28 heavy (non-hydrogen) atoms.